The van der Waals surface area contributed by atoms with Gasteiger partial charge in [-0.05, 0) is 29.8 Å². The van der Waals surface area contributed by atoms with E-state index in [9.17, 15) is 8.78 Å². The Morgan fingerprint density at radius 1 is 0.960 bits per heavy atom. The van der Waals surface area contributed by atoms with E-state index in [2.05, 4.69) is 31.0 Å². The Labute approximate surface area is 150 Å². The van der Waals surface area contributed by atoms with E-state index in [1.165, 1.54) is 12.1 Å². The van der Waals surface area contributed by atoms with Crippen molar-refractivity contribution >= 4 is 15.9 Å². The fourth-order valence-corrected chi connectivity index (χ4v) is 2.79. The second-order valence-electron chi connectivity index (χ2n) is 5.52. The molecule has 0 fully saturated rings. The number of hydrogen-bond donors (Lipinski definition) is 0. The van der Waals surface area contributed by atoms with Crippen molar-refractivity contribution in [3.63, 3.8) is 0 Å². The Balaban J connectivity index is 1.69. The van der Waals surface area contributed by atoms with Crippen LogP contribution in [0.2, 0.25) is 0 Å². The lowest BCUT2D eigenvalue weighted by Crippen LogP contribution is -2.05. The first kappa shape index (κ1) is 15.8. The molecule has 0 radical (unpaired) electrons. The van der Waals surface area contributed by atoms with Crippen molar-refractivity contribution in [3.05, 3.63) is 76.5 Å². The summed E-state index contributed by atoms with van der Waals surface area (Å²) < 4.78 is 30.1. The molecule has 124 valence electrons. The van der Waals surface area contributed by atoms with Gasteiger partial charge in [-0.1, -0.05) is 34.1 Å². The monoisotopic (exact) mass is 400 g/mol. The zero-order valence-electron chi connectivity index (χ0n) is 12.8. The van der Waals surface area contributed by atoms with Crippen molar-refractivity contribution in [2.24, 2.45) is 0 Å². The highest BCUT2D eigenvalue weighted by atomic mass is 79.9. The first-order chi connectivity index (χ1) is 12.1. The van der Waals surface area contributed by atoms with Crippen LogP contribution in [-0.4, -0.2) is 19.7 Å². The van der Waals surface area contributed by atoms with Crippen LogP contribution >= 0.6 is 15.9 Å². The predicted octanol–water partition coefficient (Wildman–Crippen LogP) is 4.53. The topological polar surface area (TPSA) is 43.6 Å². The van der Waals surface area contributed by atoms with E-state index in [0.717, 1.165) is 16.1 Å². The molecule has 0 unspecified atom stereocenters. The van der Waals surface area contributed by atoms with Gasteiger partial charge in [-0.2, -0.15) is 5.10 Å². The molecule has 0 saturated heterocycles. The Morgan fingerprint density at radius 2 is 1.72 bits per heavy atom. The summed E-state index contributed by atoms with van der Waals surface area (Å²) in [5.74, 6) is -1.72. The van der Waals surface area contributed by atoms with Crippen molar-refractivity contribution in [1.82, 2.24) is 19.7 Å². The van der Waals surface area contributed by atoms with Gasteiger partial charge in [0.15, 0.2) is 17.5 Å². The molecule has 0 saturated carbocycles. The van der Waals surface area contributed by atoms with Gasteiger partial charge in [-0.3, -0.25) is 4.68 Å². The summed E-state index contributed by atoms with van der Waals surface area (Å²) in [7, 11) is 0. The van der Waals surface area contributed by atoms with E-state index in [4.69, 9.17) is 0 Å². The van der Waals surface area contributed by atoms with E-state index < -0.39 is 11.6 Å². The van der Waals surface area contributed by atoms with Gasteiger partial charge in [0.25, 0.3) is 0 Å². The minimum absolute atomic E-state index is 0.0376. The summed E-state index contributed by atoms with van der Waals surface area (Å²) >= 11 is 3.40. The standard InChI is InChI=1S/C18H11BrF2N4/c19-12-6-4-11(5-7-12)9-25-10-16-15(8-22-25)23-18(24-16)13-2-1-3-14(20)17(13)21/h1-8,10H,9H2. The van der Waals surface area contributed by atoms with Gasteiger partial charge in [-0.15, -0.1) is 0 Å². The molecule has 0 bridgehead atoms. The summed E-state index contributed by atoms with van der Waals surface area (Å²) in [5, 5.41) is 4.31. The first-order valence-corrected chi connectivity index (χ1v) is 8.28. The Bertz CT molecular complexity index is 1010. The molecule has 0 aromatic heterocycles. The van der Waals surface area contributed by atoms with Gasteiger partial charge in [0.05, 0.1) is 24.5 Å². The number of fused-ring (bicyclic) bond motifs is 1. The van der Waals surface area contributed by atoms with Crippen molar-refractivity contribution in [2.45, 2.75) is 6.54 Å². The second-order valence-corrected chi connectivity index (χ2v) is 6.43. The molecule has 0 N–H and O–H groups in total. The third kappa shape index (κ3) is 3.15. The van der Waals surface area contributed by atoms with Gasteiger partial charge < -0.3 is 0 Å². The summed E-state index contributed by atoms with van der Waals surface area (Å²) in [6.45, 7) is 0.569. The lowest BCUT2D eigenvalue weighted by Gasteiger charge is -2.06. The van der Waals surface area contributed by atoms with Crippen LogP contribution in [0.5, 0.6) is 0 Å². The predicted molar refractivity (Wildman–Crippen MR) is 93.0 cm³/mol. The maximum Gasteiger partial charge on any atom is 0.169 e. The average Bonchev–Trinajstić information content (AvgIpc) is 3.02. The molecule has 4 nitrogen and oxygen atoms in total. The lowest BCUT2D eigenvalue weighted by atomic mass is 10.2. The summed E-state index contributed by atoms with van der Waals surface area (Å²) in [4.78, 5) is 8.56. The zero-order valence-corrected chi connectivity index (χ0v) is 14.4. The number of nitrogens with zero attached hydrogens (tertiary/aromatic N) is 4. The highest BCUT2D eigenvalue weighted by Gasteiger charge is 2.17. The molecule has 7 heteroatoms. The summed E-state index contributed by atoms with van der Waals surface area (Å²) in [6.07, 6.45) is 3.31. The third-order valence-corrected chi connectivity index (χ3v) is 4.29. The third-order valence-electron chi connectivity index (χ3n) is 3.77. The molecule has 2 aliphatic rings. The fraction of sp³-hybridized carbons (Fsp3) is 0.0556. The number of rotatable bonds is 3. The van der Waals surface area contributed by atoms with Crippen molar-refractivity contribution < 1.29 is 8.78 Å². The molecule has 2 heterocycles. The highest BCUT2D eigenvalue weighted by molar-refractivity contribution is 9.10. The van der Waals surface area contributed by atoms with Crippen LogP contribution in [0.25, 0.3) is 22.8 Å². The summed E-state index contributed by atoms with van der Waals surface area (Å²) in [6, 6.07) is 11.9. The van der Waals surface area contributed by atoms with E-state index >= 15 is 0 Å². The molecule has 2 aromatic rings. The molecule has 2 aromatic carbocycles. The highest BCUT2D eigenvalue weighted by Crippen LogP contribution is 2.27. The molecular weight excluding hydrogens is 390 g/mol. The van der Waals surface area contributed by atoms with Crippen LogP contribution in [-0.2, 0) is 6.54 Å². The smallest absolute Gasteiger partial charge is 0.169 e. The molecule has 25 heavy (non-hydrogen) atoms. The van der Waals surface area contributed by atoms with E-state index in [-0.39, 0.29) is 11.4 Å². The number of imidazole rings is 1. The Hall–Kier alpha value is -2.67. The van der Waals surface area contributed by atoms with E-state index in [1.54, 1.807) is 17.1 Å². The van der Waals surface area contributed by atoms with E-state index in [1.807, 2.05) is 24.3 Å². The van der Waals surface area contributed by atoms with Crippen molar-refractivity contribution in [2.75, 3.05) is 0 Å². The zero-order chi connectivity index (χ0) is 17.4. The molecule has 0 atom stereocenters. The minimum atomic E-state index is -0.950. The molecule has 0 spiro atoms. The first-order valence-electron chi connectivity index (χ1n) is 7.49. The van der Waals surface area contributed by atoms with Crippen LogP contribution in [0.4, 0.5) is 8.78 Å². The van der Waals surface area contributed by atoms with Gasteiger partial charge in [0.1, 0.15) is 11.4 Å². The SMILES string of the molecule is Fc1cccc(-c2nc3cnn(Cc4ccc(Br)cc4)cc-3n2)c1F. The van der Waals surface area contributed by atoms with Crippen LogP contribution in [0.15, 0.2) is 59.3 Å². The minimum Gasteiger partial charge on any atom is -0.266 e. The fourth-order valence-electron chi connectivity index (χ4n) is 2.52. The maximum atomic E-state index is 13.9. The van der Waals surface area contributed by atoms with Crippen molar-refractivity contribution in [1.29, 1.82) is 0 Å². The Kier molecular flexibility index (Phi) is 4.01. The molecule has 0 amide bonds. The van der Waals surface area contributed by atoms with Gasteiger partial charge in [0, 0.05) is 4.47 Å². The number of aromatic nitrogens is 4. The number of benzene rings is 2. The number of hydrogen-bond acceptors (Lipinski definition) is 3. The lowest BCUT2D eigenvalue weighted by molar-refractivity contribution is 0.510. The normalized spacial score (nSPS) is 11.2. The van der Waals surface area contributed by atoms with Gasteiger partial charge in [0.2, 0.25) is 0 Å². The molecule has 0 aliphatic carbocycles. The summed E-state index contributed by atoms with van der Waals surface area (Å²) in [5.41, 5.74) is 2.23. The van der Waals surface area contributed by atoms with Crippen LogP contribution in [0.1, 0.15) is 5.56 Å². The molecule has 4 rings (SSSR count). The largest absolute Gasteiger partial charge is 0.266 e. The number of halogens is 3. The van der Waals surface area contributed by atoms with Crippen LogP contribution in [0.3, 0.4) is 0 Å². The molecule has 2 aliphatic heterocycles. The maximum absolute atomic E-state index is 13.9. The van der Waals surface area contributed by atoms with Crippen LogP contribution in [0, 0.1) is 11.6 Å². The van der Waals surface area contributed by atoms with Gasteiger partial charge >= 0.3 is 0 Å². The average molecular weight is 401 g/mol. The molecular formula is C18H11BrF2N4. The quantitative estimate of drug-likeness (QED) is 0.507. The van der Waals surface area contributed by atoms with E-state index in [0.29, 0.717) is 17.9 Å². The van der Waals surface area contributed by atoms with Crippen LogP contribution < -0.4 is 0 Å². The second kappa shape index (κ2) is 6.33. The van der Waals surface area contributed by atoms with Gasteiger partial charge in [-0.25, -0.2) is 18.7 Å². The Morgan fingerprint density at radius 3 is 2.52 bits per heavy atom. The van der Waals surface area contributed by atoms with Crippen molar-refractivity contribution in [3.8, 4) is 22.8 Å².